The van der Waals surface area contributed by atoms with E-state index in [2.05, 4.69) is 31.4 Å². The van der Waals surface area contributed by atoms with Crippen molar-refractivity contribution in [2.45, 2.75) is 71.1 Å². The number of halogens is 1. The highest BCUT2D eigenvalue weighted by Gasteiger charge is 2.26. The van der Waals surface area contributed by atoms with Crippen LogP contribution in [0, 0.1) is 0 Å². The first-order valence-corrected chi connectivity index (χ1v) is 11.6. The predicted molar refractivity (Wildman–Crippen MR) is 134 cm³/mol. The molecule has 3 rings (SSSR count). The Labute approximate surface area is 203 Å². The molecule has 0 bridgehead atoms. The number of aliphatic hydroxyl groups excluding tert-OH is 1. The van der Waals surface area contributed by atoms with Crippen molar-refractivity contribution in [2.24, 2.45) is 0 Å². The van der Waals surface area contributed by atoms with Crippen LogP contribution in [0.3, 0.4) is 0 Å². The maximum Gasteiger partial charge on any atom is 0.262 e. The zero-order chi connectivity index (χ0) is 23.0. The molecule has 6 nitrogen and oxygen atoms in total. The first kappa shape index (κ1) is 27.0. The highest BCUT2D eigenvalue weighted by atomic mass is 35.5. The summed E-state index contributed by atoms with van der Waals surface area (Å²) in [6, 6.07) is 13.4. The summed E-state index contributed by atoms with van der Waals surface area (Å²) in [5.41, 5.74) is 2.10. The Bertz CT molecular complexity index is 889. The van der Waals surface area contributed by atoms with Crippen molar-refractivity contribution < 1.29 is 19.4 Å². The monoisotopic (exact) mass is 476 g/mol. The van der Waals surface area contributed by atoms with Gasteiger partial charge in [-0.1, -0.05) is 62.9 Å². The number of ether oxygens (including phenoxy) is 2. The number of fused-ring (bicyclic) bond motifs is 1. The Hall–Kier alpha value is -2.28. The van der Waals surface area contributed by atoms with Gasteiger partial charge in [-0.15, -0.1) is 12.4 Å². The van der Waals surface area contributed by atoms with E-state index < -0.39 is 6.10 Å². The minimum atomic E-state index is -0.797. The first-order valence-electron chi connectivity index (χ1n) is 11.6. The zero-order valence-electron chi connectivity index (χ0n) is 19.9. The van der Waals surface area contributed by atoms with Crippen molar-refractivity contribution in [1.82, 2.24) is 5.32 Å². The molecule has 2 aromatic rings. The van der Waals surface area contributed by atoms with E-state index in [1.54, 1.807) is 12.1 Å². The number of anilines is 1. The highest BCUT2D eigenvalue weighted by molar-refractivity contribution is 5.96. The Morgan fingerprint density at radius 1 is 1.18 bits per heavy atom. The Morgan fingerprint density at radius 3 is 2.67 bits per heavy atom. The van der Waals surface area contributed by atoms with Gasteiger partial charge in [-0.2, -0.15) is 0 Å². The van der Waals surface area contributed by atoms with Crippen LogP contribution in [0.2, 0.25) is 0 Å². The molecule has 0 aliphatic carbocycles. The van der Waals surface area contributed by atoms with Gasteiger partial charge in [-0.25, -0.2) is 0 Å². The van der Waals surface area contributed by atoms with E-state index in [0.717, 1.165) is 18.4 Å². The SMILES string of the molecule is CCCCCCC(C)(C)NC[C@H](O)c1cc(OCc2ccccc2)cc2c1OCC(=O)N2.Cl. The second-order valence-corrected chi connectivity index (χ2v) is 9.09. The number of carbonyl (C=O) groups is 1. The molecule has 3 N–H and O–H groups in total. The van der Waals surface area contributed by atoms with Crippen molar-refractivity contribution in [2.75, 3.05) is 18.5 Å². The lowest BCUT2D eigenvalue weighted by atomic mass is 9.95. The van der Waals surface area contributed by atoms with Crippen molar-refractivity contribution in [3.05, 3.63) is 53.6 Å². The lowest BCUT2D eigenvalue weighted by molar-refractivity contribution is -0.118. The number of benzene rings is 2. The second kappa shape index (κ2) is 12.8. The molecular formula is C26H37ClN2O4. The number of carbonyl (C=O) groups excluding carboxylic acids is 1. The molecule has 0 radical (unpaired) electrons. The fourth-order valence-corrected chi connectivity index (χ4v) is 3.84. The van der Waals surface area contributed by atoms with Crippen LogP contribution in [0.4, 0.5) is 5.69 Å². The standard InChI is InChI=1S/C26H36N2O4.ClH/c1-4-5-6-10-13-26(2,3)27-16-23(29)21-14-20(31-17-19-11-8-7-9-12-19)15-22-25(21)32-18-24(30)28-22;/h7-9,11-12,14-15,23,27,29H,4-6,10,13,16-18H2,1-3H3,(H,28,30);1H/t23-;/m0./s1. The average Bonchev–Trinajstić information content (AvgIpc) is 2.79. The van der Waals surface area contributed by atoms with Crippen molar-refractivity contribution in [3.8, 4) is 11.5 Å². The molecule has 1 atom stereocenters. The molecule has 0 saturated heterocycles. The Balaban J connectivity index is 0.00000385. The molecular weight excluding hydrogens is 440 g/mol. The van der Waals surface area contributed by atoms with Gasteiger partial charge in [0.1, 0.15) is 18.1 Å². The van der Waals surface area contributed by atoms with Gasteiger partial charge in [0, 0.05) is 23.7 Å². The van der Waals surface area contributed by atoms with Gasteiger partial charge < -0.3 is 25.2 Å². The van der Waals surface area contributed by atoms with Gasteiger partial charge in [0.25, 0.3) is 5.91 Å². The summed E-state index contributed by atoms with van der Waals surface area (Å²) in [4.78, 5) is 11.8. The summed E-state index contributed by atoms with van der Waals surface area (Å²) in [5.74, 6) is 0.863. The summed E-state index contributed by atoms with van der Waals surface area (Å²) >= 11 is 0. The smallest absolute Gasteiger partial charge is 0.262 e. The Morgan fingerprint density at radius 2 is 1.94 bits per heavy atom. The van der Waals surface area contributed by atoms with E-state index >= 15 is 0 Å². The number of β-amino-alcohol motifs (C(OH)–C–C–N with tert-alkyl or cyclic N) is 1. The molecule has 1 aliphatic heterocycles. The number of rotatable bonds is 12. The number of nitrogens with one attached hydrogen (secondary N) is 2. The fraction of sp³-hybridized carbons (Fsp3) is 0.500. The molecule has 0 spiro atoms. The molecule has 7 heteroatoms. The molecule has 182 valence electrons. The largest absolute Gasteiger partial charge is 0.489 e. The van der Waals surface area contributed by atoms with Crippen LogP contribution in [0.5, 0.6) is 11.5 Å². The summed E-state index contributed by atoms with van der Waals surface area (Å²) in [6.45, 7) is 7.25. The summed E-state index contributed by atoms with van der Waals surface area (Å²) in [7, 11) is 0. The minimum absolute atomic E-state index is 0. The lowest BCUT2D eigenvalue weighted by Gasteiger charge is -2.29. The van der Waals surface area contributed by atoms with Crippen molar-refractivity contribution in [3.63, 3.8) is 0 Å². The van der Waals surface area contributed by atoms with Crippen LogP contribution in [0.15, 0.2) is 42.5 Å². The quantitative estimate of drug-likeness (QED) is 0.358. The van der Waals surface area contributed by atoms with Gasteiger partial charge in [-0.3, -0.25) is 4.79 Å². The lowest BCUT2D eigenvalue weighted by Crippen LogP contribution is -2.41. The first-order chi connectivity index (χ1) is 15.4. The van der Waals surface area contributed by atoms with Crippen LogP contribution in [-0.2, 0) is 11.4 Å². The van der Waals surface area contributed by atoms with Crippen LogP contribution >= 0.6 is 12.4 Å². The van der Waals surface area contributed by atoms with Crippen molar-refractivity contribution in [1.29, 1.82) is 0 Å². The van der Waals surface area contributed by atoms with E-state index in [1.807, 2.05) is 30.3 Å². The maximum absolute atomic E-state index is 11.8. The molecule has 0 saturated carbocycles. The molecule has 0 fully saturated rings. The van der Waals surface area contributed by atoms with Gasteiger partial charge in [-0.05, 0) is 31.9 Å². The van der Waals surface area contributed by atoms with Gasteiger partial charge >= 0.3 is 0 Å². The summed E-state index contributed by atoms with van der Waals surface area (Å²) in [5, 5.41) is 17.3. The number of aliphatic hydroxyl groups is 1. The zero-order valence-corrected chi connectivity index (χ0v) is 20.7. The number of hydrogen-bond acceptors (Lipinski definition) is 5. The molecule has 1 aliphatic rings. The predicted octanol–water partition coefficient (Wildman–Crippen LogP) is 5.39. The highest BCUT2D eigenvalue weighted by Crippen LogP contribution is 2.39. The summed E-state index contributed by atoms with van der Waals surface area (Å²) in [6.07, 6.45) is 5.11. The van der Waals surface area contributed by atoms with E-state index in [0.29, 0.717) is 35.9 Å². The molecule has 1 heterocycles. The van der Waals surface area contributed by atoms with Crippen LogP contribution in [0.25, 0.3) is 0 Å². The normalized spacial score (nSPS) is 13.9. The second-order valence-electron chi connectivity index (χ2n) is 9.09. The van der Waals surface area contributed by atoms with E-state index in [-0.39, 0.29) is 30.5 Å². The third kappa shape index (κ3) is 8.22. The molecule has 2 aromatic carbocycles. The summed E-state index contributed by atoms with van der Waals surface area (Å²) < 4.78 is 11.6. The van der Waals surface area contributed by atoms with Crippen LogP contribution in [0.1, 0.15) is 70.1 Å². The van der Waals surface area contributed by atoms with Crippen LogP contribution < -0.4 is 20.1 Å². The van der Waals surface area contributed by atoms with Gasteiger partial charge in [0.15, 0.2) is 6.61 Å². The van der Waals surface area contributed by atoms with Gasteiger partial charge in [0.2, 0.25) is 0 Å². The molecule has 33 heavy (non-hydrogen) atoms. The maximum atomic E-state index is 11.8. The third-order valence-corrected chi connectivity index (χ3v) is 5.75. The molecule has 0 aromatic heterocycles. The topological polar surface area (TPSA) is 79.8 Å². The van der Waals surface area contributed by atoms with Crippen LogP contribution in [-0.4, -0.2) is 29.7 Å². The van der Waals surface area contributed by atoms with E-state index in [4.69, 9.17) is 9.47 Å². The molecule has 0 unspecified atom stereocenters. The van der Waals surface area contributed by atoms with E-state index in [1.165, 1.54) is 19.3 Å². The number of hydrogen-bond donors (Lipinski definition) is 3. The number of unbranched alkanes of at least 4 members (excludes halogenated alkanes) is 3. The third-order valence-electron chi connectivity index (χ3n) is 5.75. The average molecular weight is 477 g/mol. The fourth-order valence-electron chi connectivity index (χ4n) is 3.84. The number of amides is 1. The van der Waals surface area contributed by atoms with E-state index in [9.17, 15) is 9.90 Å². The Kier molecular flexibility index (Phi) is 10.5. The molecule has 1 amide bonds. The minimum Gasteiger partial charge on any atom is -0.489 e. The van der Waals surface area contributed by atoms with Gasteiger partial charge in [0.05, 0.1) is 11.8 Å². The van der Waals surface area contributed by atoms with Crippen molar-refractivity contribution >= 4 is 24.0 Å².